The molecule has 1 heterocycles. The second kappa shape index (κ2) is 6.24. The first-order valence-corrected chi connectivity index (χ1v) is 8.46. The van der Waals surface area contributed by atoms with Gasteiger partial charge in [-0.3, -0.25) is 0 Å². The van der Waals surface area contributed by atoms with Gasteiger partial charge in [0.15, 0.2) is 0 Å². The first kappa shape index (κ1) is 14.7. The fraction of sp³-hybridized carbons (Fsp3) is 0.176. The molecule has 0 saturated heterocycles. The molecule has 0 radical (unpaired) electrons. The Morgan fingerprint density at radius 2 is 1.90 bits per heavy atom. The van der Waals surface area contributed by atoms with Crippen molar-refractivity contribution in [3.8, 4) is 0 Å². The van der Waals surface area contributed by atoms with Crippen molar-refractivity contribution in [2.45, 2.75) is 19.9 Å². The van der Waals surface area contributed by atoms with Gasteiger partial charge < -0.3 is 9.73 Å². The number of rotatable bonds is 4. The standard InChI is InChI=1S/C17H15Br2NO/c1-2-16-13(12-5-3-4-6-17(12)21-16)10-20-15-8-7-11(18)9-14(15)19/h3-9,20H,2,10H2,1H3. The number of furan rings is 1. The highest BCUT2D eigenvalue weighted by Crippen LogP contribution is 2.30. The molecular formula is C17H15Br2NO. The van der Waals surface area contributed by atoms with Gasteiger partial charge >= 0.3 is 0 Å². The van der Waals surface area contributed by atoms with E-state index >= 15 is 0 Å². The molecule has 1 N–H and O–H groups in total. The Labute approximate surface area is 140 Å². The Morgan fingerprint density at radius 3 is 2.67 bits per heavy atom. The molecule has 0 fully saturated rings. The second-order valence-electron chi connectivity index (χ2n) is 4.83. The van der Waals surface area contributed by atoms with E-state index in [9.17, 15) is 0 Å². The summed E-state index contributed by atoms with van der Waals surface area (Å²) in [6.45, 7) is 2.87. The molecule has 0 amide bonds. The van der Waals surface area contributed by atoms with Gasteiger partial charge in [-0.2, -0.15) is 0 Å². The number of hydrogen-bond donors (Lipinski definition) is 1. The van der Waals surface area contributed by atoms with Crippen molar-refractivity contribution in [2.75, 3.05) is 5.32 Å². The Morgan fingerprint density at radius 1 is 1.10 bits per heavy atom. The molecule has 0 aliphatic rings. The fourth-order valence-electron chi connectivity index (χ4n) is 2.45. The predicted molar refractivity (Wildman–Crippen MR) is 94.8 cm³/mol. The van der Waals surface area contributed by atoms with E-state index in [-0.39, 0.29) is 0 Å². The third kappa shape index (κ3) is 3.01. The van der Waals surface area contributed by atoms with E-state index in [2.05, 4.69) is 62.3 Å². The van der Waals surface area contributed by atoms with Gasteiger partial charge in [-0.05, 0) is 40.2 Å². The topological polar surface area (TPSA) is 25.2 Å². The van der Waals surface area contributed by atoms with Gasteiger partial charge in [0, 0.05) is 38.5 Å². The maximum Gasteiger partial charge on any atom is 0.134 e. The summed E-state index contributed by atoms with van der Waals surface area (Å²) < 4.78 is 8.03. The summed E-state index contributed by atoms with van der Waals surface area (Å²) in [7, 11) is 0. The number of benzene rings is 2. The number of hydrogen-bond acceptors (Lipinski definition) is 2. The van der Waals surface area contributed by atoms with E-state index in [4.69, 9.17) is 4.42 Å². The largest absolute Gasteiger partial charge is 0.461 e. The Balaban J connectivity index is 1.91. The Bertz CT molecular complexity index is 780. The predicted octanol–water partition coefficient (Wildman–Crippen LogP) is 6.13. The van der Waals surface area contributed by atoms with Crippen LogP contribution in [0.3, 0.4) is 0 Å². The monoisotopic (exact) mass is 407 g/mol. The van der Waals surface area contributed by atoms with Crippen LogP contribution in [0.25, 0.3) is 11.0 Å². The van der Waals surface area contributed by atoms with Crippen LogP contribution in [0.15, 0.2) is 55.8 Å². The minimum Gasteiger partial charge on any atom is -0.461 e. The summed E-state index contributed by atoms with van der Waals surface area (Å²) in [5.41, 5.74) is 3.27. The van der Waals surface area contributed by atoms with Crippen LogP contribution in [-0.4, -0.2) is 0 Å². The van der Waals surface area contributed by atoms with Crippen LogP contribution in [0, 0.1) is 0 Å². The van der Waals surface area contributed by atoms with Gasteiger partial charge in [0.25, 0.3) is 0 Å². The SMILES string of the molecule is CCc1oc2ccccc2c1CNc1ccc(Br)cc1Br. The van der Waals surface area contributed by atoms with Gasteiger partial charge in [0.05, 0.1) is 0 Å². The van der Waals surface area contributed by atoms with Crippen LogP contribution in [0.4, 0.5) is 5.69 Å². The molecule has 1 aromatic heterocycles. The lowest BCUT2D eigenvalue weighted by atomic mass is 10.1. The molecule has 2 aromatic carbocycles. The number of fused-ring (bicyclic) bond motifs is 1. The minimum absolute atomic E-state index is 0.750. The Hall–Kier alpha value is -1.26. The van der Waals surface area contributed by atoms with Crippen LogP contribution in [0.1, 0.15) is 18.2 Å². The van der Waals surface area contributed by atoms with Gasteiger partial charge in [0.1, 0.15) is 11.3 Å². The van der Waals surface area contributed by atoms with E-state index in [1.807, 2.05) is 24.3 Å². The normalized spacial score (nSPS) is 11.0. The average Bonchev–Trinajstić information content (AvgIpc) is 2.84. The molecule has 2 nitrogen and oxygen atoms in total. The first-order valence-electron chi connectivity index (χ1n) is 6.87. The quantitative estimate of drug-likeness (QED) is 0.561. The molecule has 108 valence electrons. The Kier molecular flexibility index (Phi) is 4.36. The summed E-state index contributed by atoms with van der Waals surface area (Å²) in [4.78, 5) is 0. The van der Waals surface area contributed by atoms with E-state index < -0.39 is 0 Å². The molecule has 0 bridgehead atoms. The summed E-state index contributed by atoms with van der Waals surface area (Å²) in [5.74, 6) is 1.05. The van der Waals surface area contributed by atoms with Crippen LogP contribution < -0.4 is 5.32 Å². The highest BCUT2D eigenvalue weighted by molar-refractivity contribution is 9.11. The summed E-state index contributed by atoms with van der Waals surface area (Å²) in [5, 5.41) is 4.67. The zero-order chi connectivity index (χ0) is 14.8. The molecule has 4 heteroatoms. The molecule has 21 heavy (non-hydrogen) atoms. The molecule has 0 aliphatic carbocycles. The zero-order valence-electron chi connectivity index (χ0n) is 11.6. The maximum absolute atomic E-state index is 5.93. The number of anilines is 1. The lowest BCUT2D eigenvalue weighted by molar-refractivity contribution is 0.551. The van der Waals surface area contributed by atoms with Gasteiger partial charge in [-0.15, -0.1) is 0 Å². The maximum atomic E-state index is 5.93. The van der Waals surface area contributed by atoms with Gasteiger partial charge in [-0.1, -0.05) is 41.1 Å². The molecule has 0 saturated carbocycles. The van der Waals surface area contributed by atoms with E-state index in [1.54, 1.807) is 0 Å². The highest BCUT2D eigenvalue weighted by Gasteiger charge is 2.12. The molecule has 0 aliphatic heterocycles. The molecule has 0 spiro atoms. The molecule has 3 rings (SSSR count). The third-order valence-electron chi connectivity index (χ3n) is 3.49. The van der Waals surface area contributed by atoms with Crippen molar-refractivity contribution in [1.82, 2.24) is 0 Å². The van der Waals surface area contributed by atoms with E-state index in [0.717, 1.165) is 38.9 Å². The third-order valence-corrected chi connectivity index (χ3v) is 4.64. The van der Waals surface area contributed by atoms with Gasteiger partial charge in [-0.25, -0.2) is 0 Å². The zero-order valence-corrected chi connectivity index (χ0v) is 14.8. The van der Waals surface area contributed by atoms with Crippen molar-refractivity contribution in [1.29, 1.82) is 0 Å². The first-order chi connectivity index (χ1) is 10.2. The number of nitrogens with one attached hydrogen (secondary N) is 1. The van der Waals surface area contributed by atoms with Gasteiger partial charge in [0.2, 0.25) is 0 Å². The minimum atomic E-state index is 0.750. The fourth-order valence-corrected chi connectivity index (χ4v) is 3.63. The van der Waals surface area contributed by atoms with E-state index in [0.29, 0.717) is 0 Å². The smallest absolute Gasteiger partial charge is 0.134 e. The lowest BCUT2D eigenvalue weighted by Crippen LogP contribution is -2.01. The number of aryl methyl sites for hydroxylation is 1. The van der Waals surface area contributed by atoms with Crippen molar-refractivity contribution in [3.05, 3.63) is 62.7 Å². The summed E-state index contributed by atoms with van der Waals surface area (Å²) in [6.07, 6.45) is 0.896. The molecule has 3 aromatic rings. The number of para-hydroxylation sites is 1. The summed E-state index contributed by atoms with van der Waals surface area (Å²) in [6, 6.07) is 14.3. The average molecular weight is 409 g/mol. The summed E-state index contributed by atoms with van der Waals surface area (Å²) >= 11 is 7.05. The highest BCUT2D eigenvalue weighted by atomic mass is 79.9. The van der Waals surface area contributed by atoms with Crippen LogP contribution in [0.2, 0.25) is 0 Å². The van der Waals surface area contributed by atoms with Crippen molar-refractivity contribution >= 4 is 48.5 Å². The lowest BCUT2D eigenvalue weighted by Gasteiger charge is -2.09. The van der Waals surface area contributed by atoms with Crippen LogP contribution in [-0.2, 0) is 13.0 Å². The number of halogens is 2. The van der Waals surface area contributed by atoms with Crippen molar-refractivity contribution < 1.29 is 4.42 Å². The van der Waals surface area contributed by atoms with E-state index in [1.165, 1.54) is 10.9 Å². The van der Waals surface area contributed by atoms with Crippen LogP contribution in [0.5, 0.6) is 0 Å². The molecule has 0 unspecified atom stereocenters. The second-order valence-corrected chi connectivity index (χ2v) is 6.60. The van der Waals surface area contributed by atoms with Crippen LogP contribution >= 0.6 is 31.9 Å². The molecular weight excluding hydrogens is 394 g/mol. The van der Waals surface area contributed by atoms with Crippen molar-refractivity contribution in [2.24, 2.45) is 0 Å². The molecule has 0 atom stereocenters. The van der Waals surface area contributed by atoms with Crippen molar-refractivity contribution in [3.63, 3.8) is 0 Å².